The molecule has 0 aromatic rings. The van der Waals surface area contributed by atoms with E-state index in [4.69, 9.17) is 0 Å². The van der Waals surface area contributed by atoms with E-state index in [1.807, 2.05) is 0 Å². The minimum absolute atomic E-state index is 0.356. The van der Waals surface area contributed by atoms with Gasteiger partial charge in [-0.25, -0.2) is 0 Å². The van der Waals surface area contributed by atoms with Crippen LogP contribution in [0.3, 0.4) is 0 Å². The van der Waals surface area contributed by atoms with Gasteiger partial charge in [0.05, 0.1) is 0 Å². The number of rotatable bonds is 2. The van der Waals surface area contributed by atoms with Gasteiger partial charge in [-0.3, -0.25) is 0 Å². The molecule has 0 saturated carbocycles. The zero-order valence-electron chi connectivity index (χ0n) is 4.99. The molecule has 0 aliphatic heterocycles. The predicted octanol–water partition coefficient (Wildman–Crippen LogP) is 1.42. The quantitative estimate of drug-likeness (QED) is 0.463. The summed E-state index contributed by atoms with van der Waals surface area (Å²) in [6, 6.07) is 1.47. The standard InChI is InChI=1S/C5H14Si/c1-4-6-5(2)3/h5H,4,6H2,1-3H3. The Morgan fingerprint density at radius 1 is 1.50 bits per heavy atom. The maximum Gasteiger partial charge on any atom is 0.0222 e. The Morgan fingerprint density at radius 3 is 2.00 bits per heavy atom. The fraction of sp³-hybridized carbons (Fsp3) is 1.00. The summed E-state index contributed by atoms with van der Waals surface area (Å²) in [5.74, 6) is 0. The molecule has 0 radical (unpaired) electrons. The van der Waals surface area contributed by atoms with Gasteiger partial charge in [0.25, 0.3) is 0 Å². The third-order valence-corrected chi connectivity index (χ3v) is 2.60. The Kier molecular flexibility index (Phi) is 3.53. The van der Waals surface area contributed by atoms with Crippen LogP contribution in [-0.4, -0.2) is 9.52 Å². The van der Waals surface area contributed by atoms with Crippen molar-refractivity contribution >= 4 is 9.52 Å². The summed E-state index contributed by atoms with van der Waals surface area (Å²) in [7, 11) is 0.356. The van der Waals surface area contributed by atoms with Crippen molar-refractivity contribution in [1.29, 1.82) is 0 Å². The molecule has 6 heavy (non-hydrogen) atoms. The first-order valence-electron chi connectivity index (χ1n) is 2.77. The van der Waals surface area contributed by atoms with Gasteiger partial charge in [-0.1, -0.05) is 32.4 Å². The molecule has 0 N–H and O–H groups in total. The molecule has 0 nitrogen and oxygen atoms in total. The zero-order valence-corrected chi connectivity index (χ0v) is 6.41. The van der Waals surface area contributed by atoms with E-state index in [1.165, 1.54) is 6.04 Å². The van der Waals surface area contributed by atoms with E-state index >= 15 is 0 Å². The summed E-state index contributed by atoms with van der Waals surface area (Å²) < 4.78 is 0. The highest BCUT2D eigenvalue weighted by atomic mass is 28.2. The molecule has 0 heterocycles. The zero-order chi connectivity index (χ0) is 4.99. The Hall–Kier alpha value is 0.217. The molecule has 0 aromatic carbocycles. The average molecular weight is 102 g/mol. The molecular formula is C5H14Si. The molecular weight excluding hydrogens is 88.1 g/mol. The van der Waals surface area contributed by atoms with Crippen LogP contribution >= 0.6 is 0 Å². The molecule has 0 aliphatic rings. The van der Waals surface area contributed by atoms with Crippen LogP contribution in [0.1, 0.15) is 20.8 Å². The molecule has 0 aliphatic carbocycles. The second-order valence-electron chi connectivity index (χ2n) is 2.18. The predicted molar refractivity (Wildman–Crippen MR) is 34.1 cm³/mol. The third-order valence-electron chi connectivity index (χ3n) is 0.866. The Labute approximate surface area is 42.8 Å². The van der Waals surface area contributed by atoms with Crippen LogP contribution in [0.4, 0.5) is 0 Å². The minimum Gasteiger partial charge on any atom is -0.0683 e. The van der Waals surface area contributed by atoms with E-state index < -0.39 is 0 Å². The van der Waals surface area contributed by atoms with Crippen LogP contribution in [0.25, 0.3) is 0 Å². The summed E-state index contributed by atoms with van der Waals surface area (Å²) in [5, 5.41) is 0. The fourth-order valence-electron chi connectivity index (χ4n) is 0.577. The van der Waals surface area contributed by atoms with Crippen molar-refractivity contribution in [3.05, 3.63) is 0 Å². The van der Waals surface area contributed by atoms with Crippen molar-refractivity contribution in [1.82, 2.24) is 0 Å². The van der Waals surface area contributed by atoms with E-state index in [9.17, 15) is 0 Å². The maximum atomic E-state index is 2.32. The molecule has 0 aromatic heterocycles. The Balaban J connectivity index is 2.63. The smallest absolute Gasteiger partial charge is 0.0222 e. The van der Waals surface area contributed by atoms with E-state index in [2.05, 4.69) is 20.8 Å². The Morgan fingerprint density at radius 2 is 2.00 bits per heavy atom. The van der Waals surface area contributed by atoms with Gasteiger partial charge in [0, 0.05) is 9.52 Å². The minimum atomic E-state index is 0.356. The largest absolute Gasteiger partial charge is 0.0683 e. The van der Waals surface area contributed by atoms with Gasteiger partial charge in [0.1, 0.15) is 0 Å². The third kappa shape index (κ3) is 4.22. The van der Waals surface area contributed by atoms with Crippen LogP contribution in [0.5, 0.6) is 0 Å². The first-order valence-corrected chi connectivity index (χ1v) is 4.59. The monoisotopic (exact) mass is 102 g/mol. The highest BCUT2D eigenvalue weighted by molar-refractivity contribution is 6.36. The van der Waals surface area contributed by atoms with Gasteiger partial charge >= 0.3 is 0 Å². The van der Waals surface area contributed by atoms with Crippen molar-refractivity contribution in [2.45, 2.75) is 32.4 Å². The average Bonchev–Trinajstić information content (AvgIpc) is 1.35. The summed E-state index contributed by atoms with van der Waals surface area (Å²) in [6.07, 6.45) is 0. The number of hydrogen-bond acceptors (Lipinski definition) is 0. The van der Waals surface area contributed by atoms with Crippen molar-refractivity contribution < 1.29 is 0 Å². The molecule has 0 bridgehead atoms. The van der Waals surface area contributed by atoms with Crippen LogP contribution < -0.4 is 0 Å². The molecule has 0 unspecified atom stereocenters. The normalized spacial score (nSPS) is 12.0. The van der Waals surface area contributed by atoms with Crippen molar-refractivity contribution in [3.63, 3.8) is 0 Å². The molecule has 0 fully saturated rings. The van der Waals surface area contributed by atoms with Gasteiger partial charge in [-0.2, -0.15) is 0 Å². The van der Waals surface area contributed by atoms with E-state index in [0.29, 0.717) is 9.52 Å². The lowest BCUT2D eigenvalue weighted by Crippen LogP contribution is -1.89. The molecule has 0 spiro atoms. The van der Waals surface area contributed by atoms with Crippen LogP contribution in [0.2, 0.25) is 11.6 Å². The van der Waals surface area contributed by atoms with Crippen molar-refractivity contribution in [2.75, 3.05) is 0 Å². The van der Waals surface area contributed by atoms with Crippen LogP contribution in [-0.2, 0) is 0 Å². The molecule has 0 amide bonds. The molecule has 0 rings (SSSR count). The molecule has 1 heteroatoms. The maximum absolute atomic E-state index is 2.32. The summed E-state index contributed by atoms with van der Waals surface area (Å²) in [5.41, 5.74) is 1.04. The lowest BCUT2D eigenvalue weighted by Gasteiger charge is -1.94. The van der Waals surface area contributed by atoms with Crippen LogP contribution in [0, 0.1) is 0 Å². The lowest BCUT2D eigenvalue weighted by molar-refractivity contribution is 1.05. The second-order valence-corrected chi connectivity index (χ2v) is 5.39. The summed E-state index contributed by atoms with van der Waals surface area (Å²) in [4.78, 5) is 0. The van der Waals surface area contributed by atoms with E-state index in [1.54, 1.807) is 0 Å². The molecule has 0 saturated heterocycles. The van der Waals surface area contributed by atoms with Crippen molar-refractivity contribution in [3.8, 4) is 0 Å². The van der Waals surface area contributed by atoms with Crippen molar-refractivity contribution in [2.24, 2.45) is 0 Å². The van der Waals surface area contributed by atoms with E-state index in [-0.39, 0.29) is 0 Å². The van der Waals surface area contributed by atoms with Gasteiger partial charge in [0.2, 0.25) is 0 Å². The van der Waals surface area contributed by atoms with Gasteiger partial charge in [-0.15, -0.1) is 0 Å². The van der Waals surface area contributed by atoms with Crippen LogP contribution in [0.15, 0.2) is 0 Å². The Bertz CT molecular complexity index is 25.1. The number of hydrogen-bond donors (Lipinski definition) is 0. The molecule has 38 valence electrons. The molecule has 0 atom stereocenters. The second kappa shape index (κ2) is 3.41. The summed E-state index contributed by atoms with van der Waals surface area (Å²) in [6.45, 7) is 6.91. The van der Waals surface area contributed by atoms with Gasteiger partial charge < -0.3 is 0 Å². The van der Waals surface area contributed by atoms with Gasteiger partial charge in [0.15, 0.2) is 0 Å². The van der Waals surface area contributed by atoms with E-state index in [0.717, 1.165) is 5.54 Å². The SMILES string of the molecule is CC[SiH2]C(C)C. The summed E-state index contributed by atoms with van der Waals surface area (Å²) >= 11 is 0. The first-order chi connectivity index (χ1) is 2.77. The van der Waals surface area contributed by atoms with Gasteiger partial charge in [-0.05, 0) is 0 Å². The highest BCUT2D eigenvalue weighted by Gasteiger charge is 1.87. The fourth-order valence-corrected chi connectivity index (χ4v) is 1.73. The topological polar surface area (TPSA) is 0 Å². The first kappa shape index (κ1) is 6.22. The highest BCUT2D eigenvalue weighted by Crippen LogP contribution is 1.97. The lowest BCUT2D eigenvalue weighted by atomic mass is 10.6.